The van der Waals surface area contributed by atoms with Crippen LogP contribution >= 0.6 is 11.8 Å². The first kappa shape index (κ1) is 9.46. The van der Waals surface area contributed by atoms with Crippen LogP contribution in [0.5, 0.6) is 0 Å². The van der Waals surface area contributed by atoms with Crippen molar-refractivity contribution in [2.45, 2.75) is 12.7 Å². The molecule has 0 aliphatic rings. The number of hydrogen-bond donors (Lipinski definition) is 1. The minimum absolute atomic E-state index is 0.751. The van der Waals surface area contributed by atoms with E-state index in [-0.39, 0.29) is 0 Å². The highest BCUT2D eigenvalue weighted by Gasteiger charge is 2.03. The number of benzene rings is 1. The molecule has 1 aromatic carbocycles. The van der Waals surface area contributed by atoms with Crippen LogP contribution in [0.1, 0.15) is 12.7 Å². The lowest BCUT2D eigenvalue weighted by Crippen LogP contribution is -1.80. The summed E-state index contributed by atoms with van der Waals surface area (Å²) in [5.41, 5.74) is 7.31. The van der Waals surface area contributed by atoms with Crippen LogP contribution in [0.3, 0.4) is 0 Å². The predicted octanol–water partition coefficient (Wildman–Crippen LogP) is 3.27. The highest BCUT2D eigenvalue weighted by Crippen LogP contribution is 2.24. The van der Waals surface area contributed by atoms with Crippen molar-refractivity contribution in [1.82, 2.24) is 0 Å². The molecule has 74 valence electrons. The Balaban J connectivity index is 2.32. The highest BCUT2D eigenvalue weighted by molar-refractivity contribution is 7.98. The molecule has 0 aliphatic carbocycles. The normalized spacial score (nSPS) is 10.9. The Kier molecular flexibility index (Phi) is 2.68. The molecular formula is C11H13NOS. The maximum absolute atomic E-state index is 5.67. The van der Waals surface area contributed by atoms with Gasteiger partial charge < -0.3 is 10.2 Å². The van der Waals surface area contributed by atoms with Gasteiger partial charge in [-0.05, 0) is 24.0 Å². The molecule has 0 bridgehead atoms. The van der Waals surface area contributed by atoms with Gasteiger partial charge in [-0.25, -0.2) is 0 Å². The van der Waals surface area contributed by atoms with E-state index in [1.54, 1.807) is 0 Å². The molecule has 0 spiro atoms. The first-order valence-corrected chi connectivity index (χ1v) is 5.81. The summed E-state index contributed by atoms with van der Waals surface area (Å²) < 4.78 is 5.65. The lowest BCUT2D eigenvalue weighted by Gasteiger charge is -1.92. The number of nitrogen functional groups attached to an aromatic ring is 1. The van der Waals surface area contributed by atoms with Gasteiger partial charge in [0, 0.05) is 17.1 Å². The van der Waals surface area contributed by atoms with E-state index < -0.39 is 0 Å². The Bertz CT molecular complexity index is 436. The first-order chi connectivity index (χ1) is 6.79. The number of anilines is 1. The number of hydrogen-bond acceptors (Lipinski definition) is 3. The molecule has 0 saturated carbocycles. The van der Waals surface area contributed by atoms with E-state index in [2.05, 4.69) is 13.0 Å². The SMILES string of the molecule is CCSCc1cc2ccc(N)cc2o1. The standard InChI is InChI=1S/C11H13NOS/c1-2-14-7-10-5-8-3-4-9(12)6-11(8)13-10/h3-6H,2,7,12H2,1H3. The largest absolute Gasteiger partial charge is 0.460 e. The van der Waals surface area contributed by atoms with Crippen LogP contribution in [-0.2, 0) is 5.75 Å². The van der Waals surface area contributed by atoms with E-state index in [0.29, 0.717) is 0 Å². The molecule has 0 fully saturated rings. The second kappa shape index (κ2) is 3.96. The Morgan fingerprint density at radius 3 is 3.00 bits per heavy atom. The van der Waals surface area contributed by atoms with Crippen LogP contribution in [-0.4, -0.2) is 5.75 Å². The number of furan rings is 1. The molecule has 0 unspecified atom stereocenters. The Labute approximate surface area is 87.5 Å². The molecule has 0 radical (unpaired) electrons. The van der Waals surface area contributed by atoms with E-state index in [9.17, 15) is 0 Å². The molecule has 0 aliphatic heterocycles. The fourth-order valence-corrected chi connectivity index (χ4v) is 1.92. The summed E-state index contributed by atoms with van der Waals surface area (Å²) in [5.74, 6) is 3.07. The molecule has 2 nitrogen and oxygen atoms in total. The molecule has 1 heterocycles. The number of nitrogens with two attached hydrogens (primary N) is 1. The Morgan fingerprint density at radius 2 is 2.21 bits per heavy atom. The van der Waals surface area contributed by atoms with Gasteiger partial charge in [-0.1, -0.05) is 6.92 Å². The fourth-order valence-electron chi connectivity index (χ4n) is 1.38. The lowest BCUT2D eigenvalue weighted by molar-refractivity contribution is 0.574. The third-order valence-corrected chi connectivity index (χ3v) is 2.94. The van der Waals surface area contributed by atoms with Gasteiger partial charge in [0.25, 0.3) is 0 Å². The van der Waals surface area contributed by atoms with E-state index in [1.165, 1.54) is 0 Å². The van der Waals surface area contributed by atoms with Crippen LogP contribution in [0.2, 0.25) is 0 Å². The minimum atomic E-state index is 0.751. The van der Waals surface area contributed by atoms with Gasteiger partial charge in [0.2, 0.25) is 0 Å². The van der Waals surface area contributed by atoms with Crippen LogP contribution in [0.15, 0.2) is 28.7 Å². The summed E-state index contributed by atoms with van der Waals surface area (Å²) in [6, 6.07) is 7.84. The first-order valence-electron chi connectivity index (χ1n) is 4.65. The third kappa shape index (κ3) is 1.87. The monoisotopic (exact) mass is 207 g/mol. The maximum Gasteiger partial charge on any atom is 0.136 e. The molecule has 0 atom stereocenters. The van der Waals surface area contributed by atoms with Gasteiger partial charge in [0.15, 0.2) is 0 Å². The number of rotatable bonds is 3. The minimum Gasteiger partial charge on any atom is -0.460 e. The molecule has 2 rings (SSSR count). The number of thioether (sulfide) groups is 1. The van der Waals surface area contributed by atoms with Crippen LogP contribution in [0.25, 0.3) is 11.0 Å². The summed E-state index contributed by atoms with van der Waals surface area (Å²) in [4.78, 5) is 0. The van der Waals surface area contributed by atoms with Crippen LogP contribution in [0, 0.1) is 0 Å². The Hall–Kier alpha value is -1.09. The molecule has 0 amide bonds. The van der Waals surface area contributed by atoms with Gasteiger partial charge in [-0.2, -0.15) is 11.8 Å². The lowest BCUT2D eigenvalue weighted by atomic mass is 10.2. The van der Waals surface area contributed by atoms with E-state index in [4.69, 9.17) is 10.2 Å². The van der Waals surface area contributed by atoms with Crippen molar-refractivity contribution in [3.63, 3.8) is 0 Å². The summed E-state index contributed by atoms with van der Waals surface area (Å²) in [5, 5.41) is 1.13. The summed E-state index contributed by atoms with van der Waals surface area (Å²) in [6.45, 7) is 2.14. The quantitative estimate of drug-likeness (QED) is 0.785. The fraction of sp³-hybridized carbons (Fsp3) is 0.273. The van der Waals surface area contributed by atoms with E-state index >= 15 is 0 Å². The maximum atomic E-state index is 5.67. The van der Waals surface area contributed by atoms with Crippen LogP contribution in [0.4, 0.5) is 5.69 Å². The van der Waals surface area contributed by atoms with Crippen molar-refractivity contribution in [1.29, 1.82) is 0 Å². The average molecular weight is 207 g/mol. The zero-order valence-electron chi connectivity index (χ0n) is 8.12. The van der Waals surface area contributed by atoms with Gasteiger partial charge in [-0.3, -0.25) is 0 Å². The van der Waals surface area contributed by atoms with Gasteiger partial charge in [-0.15, -0.1) is 0 Å². The van der Waals surface area contributed by atoms with Gasteiger partial charge in [0.1, 0.15) is 11.3 Å². The zero-order chi connectivity index (χ0) is 9.97. The molecule has 2 N–H and O–H groups in total. The topological polar surface area (TPSA) is 39.2 Å². The van der Waals surface area contributed by atoms with Crippen molar-refractivity contribution in [3.8, 4) is 0 Å². The molecule has 14 heavy (non-hydrogen) atoms. The molecule has 2 aromatic rings. The van der Waals surface area contributed by atoms with Crippen molar-refractivity contribution in [3.05, 3.63) is 30.0 Å². The van der Waals surface area contributed by atoms with E-state index in [0.717, 1.165) is 33.9 Å². The highest BCUT2D eigenvalue weighted by atomic mass is 32.2. The number of fused-ring (bicyclic) bond motifs is 1. The molecule has 0 saturated heterocycles. The third-order valence-electron chi connectivity index (χ3n) is 2.04. The van der Waals surface area contributed by atoms with Gasteiger partial charge >= 0.3 is 0 Å². The van der Waals surface area contributed by atoms with Crippen molar-refractivity contribution in [2.24, 2.45) is 0 Å². The van der Waals surface area contributed by atoms with Crippen molar-refractivity contribution >= 4 is 28.4 Å². The summed E-state index contributed by atoms with van der Waals surface area (Å²) in [7, 11) is 0. The zero-order valence-corrected chi connectivity index (χ0v) is 8.93. The van der Waals surface area contributed by atoms with Crippen molar-refractivity contribution < 1.29 is 4.42 Å². The second-order valence-electron chi connectivity index (χ2n) is 3.15. The summed E-state index contributed by atoms with van der Waals surface area (Å²) >= 11 is 1.86. The predicted molar refractivity (Wildman–Crippen MR) is 62.5 cm³/mol. The van der Waals surface area contributed by atoms with Gasteiger partial charge in [0.05, 0.1) is 5.75 Å². The molecule has 3 heteroatoms. The summed E-state index contributed by atoms with van der Waals surface area (Å²) in [6.07, 6.45) is 0. The van der Waals surface area contributed by atoms with Crippen molar-refractivity contribution in [2.75, 3.05) is 11.5 Å². The van der Waals surface area contributed by atoms with E-state index in [1.807, 2.05) is 30.0 Å². The second-order valence-corrected chi connectivity index (χ2v) is 4.42. The molecular weight excluding hydrogens is 194 g/mol. The molecule has 1 aromatic heterocycles. The smallest absolute Gasteiger partial charge is 0.136 e. The van der Waals surface area contributed by atoms with Crippen LogP contribution < -0.4 is 5.73 Å². The average Bonchev–Trinajstić information content (AvgIpc) is 2.56. The Morgan fingerprint density at radius 1 is 1.36 bits per heavy atom.